The molecule has 2 N–H and O–H groups in total. The van der Waals surface area contributed by atoms with E-state index in [2.05, 4.69) is 9.72 Å². The lowest BCUT2D eigenvalue weighted by Crippen LogP contribution is -2.04. The zero-order chi connectivity index (χ0) is 8.27. The van der Waals surface area contributed by atoms with Gasteiger partial charge in [-0.2, -0.15) is 8.78 Å². The summed E-state index contributed by atoms with van der Waals surface area (Å²) in [5, 5.41) is 0. The fourth-order valence-corrected chi connectivity index (χ4v) is 0.585. The maximum atomic E-state index is 11.6. The molecule has 0 fully saturated rings. The first kappa shape index (κ1) is 7.71. The lowest BCUT2D eigenvalue weighted by atomic mass is 10.4. The molecule has 0 saturated carbocycles. The number of anilines is 1. The summed E-state index contributed by atoms with van der Waals surface area (Å²) < 4.78 is 27.2. The molecule has 0 aliphatic carbocycles. The highest BCUT2D eigenvalue weighted by molar-refractivity contribution is 5.49. The Bertz CT molecular complexity index is 242. The standard InChI is InChI=1S/C6H6F2N2O/c7-6(8)11-5-3-10-2-1-4(5)9/h1-3,6H,(H2,9,10). The van der Waals surface area contributed by atoms with Crippen LogP contribution in [0.5, 0.6) is 5.75 Å². The van der Waals surface area contributed by atoms with Crippen LogP contribution in [-0.2, 0) is 0 Å². The van der Waals surface area contributed by atoms with Crippen molar-refractivity contribution in [2.24, 2.45) is 0 Å². The molecule has 0 atom stereocenters. The molecule has 0 spiro atoms. The minimum Gasteiger partial charge on any atom is -0.431 e. The zero-order valence-corrected chi connectivity index (χ0v) is 5.50. The Morgan fingerprint density at radius 2 is 2.27 bits per heavy atom. The molecule has 5 heteroatoms. The van der Waals surface area contributed by atoms with Crippen LogP contribution in [0.2, 0.25) is 0 Å². The number of pyridine rings is 1. The number of ether oxygens (including phenoxy) is 1. The molecule has 1 aromatic rings. The summed E-state index contributed by atoms with van der Waals surface area (Å²) in [4.78, 5) is 3.56. The summed E-state index contributed by atoms with van der Waals surface area (Å²) >= 11 is 0. The van der Waals surface area contributed by atoms with E-state index >= 15 is 0 Å². The molecule has 0 radical (unpaired) electrons. The monoisotopic (exact) mass is 160 g/mol. The fraction of sp³-hybridized carbons (Fsp3) is 0.167. The van der Waals surface area contributed by atoms with Gasteiger partial charge in [-0.05, 0) is 6.07 Å². The average molecular weight is 160 g/mol. The molecule has 3 nitrogen and oxygen atoms in total. The third-order valence-electron chi connectivity index (χ3n) is 1.03. The molecule has 1 rings (SSSR count). The number of nitrogens with two attached hydrogens (primary N) is 1. The van der Waals surface area contributed by atoms with E-state index in [1.807, 2.05) is 0 Å². The predicted molar refractivity (Wildman–Crippen MR) is 35.3 cm³/mol. The quantitative estimate of drug-likeness (QED) is 0.708. The van der Waals surface area contributed by atoms with Crippen LogP contribution >= 0.6 is 0 Å². The van der Waals surface area contributed by atoms with Crippen LogP contribution in [0.1, 0.15) is 0 Å². The van der Waals surface area contributed by atoms with Gasteiger partial charge in [-0.3, -0.25) is 4.98 Å². The van der Waals surface area contributed by atoms with Gasteiger partial charge < -0.3 is 10.5 Å². The van der Waals surface area contributed by atoms with E-state index in [9.17, 15) is 8.78 Å². The van der Waals surface area contributed by atoms with Crippen molar-refractivity contribution in [3.63, 3.8) is 0 Å². The maximum absolute atomic E-state index is 11.6. The summed E-state index contributed by atoms with van der Waals surface area (Å²) in [6.07, 6.45) is 2.54. The molecule has 0 aromatic carbocycles. The zero-order valence-electron chi connectivity index (χ0n) is 5.50. The minimum absolute atomic E-state index is 0.0949. The fourth-order valence-electron chi connectivity index (χ4n) is 0.585. The van der Waals surface area contributed by atoms with Crippen molar-refractivity contribution < 1.29 is 13.5 Å². The van der Waals surface area contributed by atoms with Gasteiger partial charge in [0.2, 0.25) is 0 Å². The van der Waals surface area contributed by atoms with Gasteiger partial charge in [-0.15, -0.1) is 0 Å². The first-order valence-corrected chi connectivity index (χ1v) is 2.84. The number of aromatic nitrogens is 1. The van der Waals surface area contributed by atoms with Crippen LogP contribution in [0.4, 0.5) is 14.5 Å². The van der Waals surface area contributed by atoms with Gasteiger partial charge in [-0.1, -0.05) is 0 Å². The topological polar surface area (TPSA) is 48.1 Å². The van der Waals surface area contributed by atoms with Crippen molar-refractivity contribution in [1.82, 2.24) is 4.98 Å². The van der Waals surface area contributed by atoms with Crippen LogP contribution < -0.4 is 10.5 Å². The number of rotatable bonds is 2. The third kappa shape index (κ3) is 2.03. The molecule has 0 bridgehead atoms. The maximum Gasteiger partial charge on any atom is 0.387 e. The van der Waals surface area contributed by atoms with Crippen molar-refractivity contribution in [2.45, 2.75) is 6.61 Å². The van der Waals surface area contributed by atoms with Gasteiger partial charge in [-0.25, -0.2) is 0 Å². The Hall–Kier alpha value is -1.39. The number of hydrogen-bond acceptors (Lipinski definition) is 3. The van der Waals surface area contributed by atoms with E-state index in [1.54, 1.807) is 0 Å². The number of hydrogen-bond donors (Lipinski definition) is 1. The van der Waals surface area contributed by atoms with E-state index in [0.29, 0.717) is 0 Å². The van der Waals surface area contributed by atoms with Gasteiger partial charge in [0.25, 0.3) is 0 Å². The number of nitrogens with zero attached hydrogens (tertiary/aromatic N) is 1. The van der Waals surface area contributed by atoms with Gasteiger partial charge in [0, 0.05) is 6.20 Å². The number of alkyl halides is 2. The van der Waals surface area contributed by atoms with E-state index in [0.717, 1.165) is 6.20 Å². The summed E-state index contributed by atoms with van der Waals surface area (Å²) in [6.45, 7) is -2.86. The second-order valence-electron chi connectivity index (χ2n) is 1.79. The van der Waals surface area contributed by atoms with E-state index < -0.39 is 6.61 Å². The number of nitrogen functional groups attached to an aromatic ring is 1. The Labute approximate surface area is 61.8 Å². The van der Waals surface area contributed by atoms with E-state index in [-0.39, 0.29) is 11.4 Å². The molecule has 0 aliphatic heterocycles. The van der Waals surface area contributed by atoms with Gasteiger partial charge in [0.1, 0.15) is 0 Å². The highest BCUT2D eigenvalue weighted by Crippen LogP contribution is 2.19. The minimum atomic E-state index is -2.86. The van der Waals surface area contributed by atoms with Gasteiger partial charge in [0.05, 0.1) is 11.9 Å². The summed E-state index contributed by atoms with van der Waals surface area (Å²) in [5.41, 5.74) is 5.42. The number of halogens is 2. The van der Waals surface area contributed by atoms with Crippen LogP contribution in [0.25, 0.3) is 0 Å². The molecular formula is C6H6F2N2O. The van der Waals surface area contributed by atoms with Crippen LogP contribution in [-0.4, -0.2) is 11.6 Å². The molecule has 0 unspecified atom stereocenters. The molecule has 60 valence electrons. The SMILES string of the molecule is Nc1ccncc1OC(F)F. The molecule has 1 heterocycles. The van der Waals surface area contributed by atoms with Crippen LogP contribution in [0.15, 0.2) is 18.5 Å². The average Bonchev–Trinajstić information content (AvgIpc) is 1.93. The predicted octanol–water partition coefficient (Wildman–Crippen LogP) is 1.27. The second kappa shape index (κ2) is 3.14. The highest BCUT2D eigenvalue weighted by Gasteiger charge is 2.06. The summed E-state index contributed by atoms with van der Waals surface area (Å²) in [7, 11) is 0. The Balaban J connectivity index is 2.78. The first-order valence-electron chi connectivity index (χ1n) is 2.84. The lowest BCUT2D eigenvalue weighted by Gasteiger charge is -2.04. The van der Waals surface area contributed by atoms with Crippen molar-refractivity contribution in [2.75, 3.05) is 5.73 Å². The smallest absolute Gasteiger partial charge is 0.387 e. The Morgan fingerprint density at radius 3 is 2.82 bits per heavy atom. The molecule has 11 heavy (non-hydrogen) atoms. The van der Waals surface area contributed by atoms with Gasteiger partial charge >= 0.3 is 6.61 Å². The molecule has 0 saturated heterocycles. The van der Waals surface area contributed by atoms with Crippen LogP contribution in [0, 0.1) is 0 Å². The highest BCUT2D eigenvalue weighted by atomic mass is 19.3. The van der Waals surface area contributed by atoms with Crippen molar-refractivity contribution in [1.29, 1.82) is 0 Å². The van der Waals surface area contributed by atoms with E-state index in [4.69, 9.17) is 5.73 Å². The normalized spacial score (nSPS) is 10.1. The largest absolute Gasteiger partial charge is 0.431 e. The van der Waals surface area contributed by atoms with Gasteiger partial charge in [0.15, 0.2) is 5.75 Å². The third-order valence-corrected chi connectivity index (χ3v) is 1.03. The van der Waals surface area contributed by atoms with Crippen molar-refractivity contribution >= 4 is 5.69 Å². The molecule has 0 amide bonds. The molecule has 0 aliphatic rings. The molecular weight excluding hydrogens is 154 g/mol. The summed E-state index contributed by atoms with van der Waals surface area (Å²) in [5.74, 6) is -0.0949. The molecule has 1 aromatic heterocycles. The Kier molecular flexibility index (Phi) is 2.20. The first-order chi connectivity index (χ1) is 5.20. The van der Waals surface area contributed by atoms with Crippen molar-refractivity contribution in [3.05, 3.63) is 18.5 Å². The summed E-state index contributed by atoms with van der Waals surface area (Å²) in [6, 6.07) is 1.39. The van der Waals surface area contributed by atoms with Crippen LogP contribution in [0.3, 0.4) is 0 Å². The Morgan fingerprint density at radius 1 is 1.55 bits per heavy atom. The second-order valence-corrected chi connectivity index (χ2v) is 1.79. The lowest BCUT2D eigenvalue weighted by molar-refractivity contribution is -0.0495. The van der Waals surface area contributed by atoms with E-state index in [1.165, 1.54) is 12.3 Å². The van der Waals surface area contributed by atoms with Crippen molar-refractivity contribution in [3.8, 4) is 5.75 Å².